The van der Waals surface area contributed by atoms with Gasteiger partial charge in [-0.05, 0) is 43.3 Å². The molecule has 0 radical (unpaired) electrons. The molecule has 1 aromatic rings. The fraction of sp³-hybridized carbons (Fsp3) is 0.200. The summed E-state index contributed by atoms with van der Waals surface area (Å²) in [5.41, 5.74) is 2.04. The van der Waals surface area contributed by atoms with E-state index in [0.717, 1.165) is 5.71 Å². The van der Waals surface area contributed by atoms with Crippen molar-refractivity contribution < 1.29 is 23.9 Å². The molecule has 1 aromatic carbocycles. The van der Waals surface area contributed by atoms with E-state index >= 15 is 0 Å². The van der Waals surface area contributed by atoms with Gasteiger partial charge in [-0.15, -0.1) is 0 Å². The maximum absolute atomic E-state index is 12.4. The van der Waals surface area contributed by atoms with E-state index in [2.05, 4.69) is 5.10 Å². The SMILES string of the molecule is COC(=O)C1=C(C(=O)OC)N(c2ccc(N3N=C(C)CC3=O)cc2)C=CC=C1. The Morgan fingerprint density at radius 3 is 2.21 bits per heavy atom. The van der Waals surface area contributed by atoms with Crippen molar-refractivity contribution in [1.29, 1.82) is 0 Å². The molecule has 0 aromatic heterocycles. The van der Waals surface area contributed by atoms with Gasteiger partial charge >= 0.3 is 11.9 Å². The molecule has 0 aliphatic carbocycles. The molecule has 8 nitrogen and oxygen atoms in total. The van der Waals surface area contributed by atoms with Crippen LogP contribution in [-0.4, -0.2) is 37.8 Å². The highest BCUT2D eigenvalue weighted by Crippen LogP contribution is 2.29. The molecule has 2 aliphatic rings. The van der Waals surface area contributed by atoms with Gasteiger partial charge < -0.3 is 14.4 Å². The van der Waals surface area contributed by atoms with Crippen molar-refractivity contribution in [3.8, 4) is 0 Å². The lowest BCUT2D eigenvalue weighted by Crippen LogP contribution is -2.27. The third kappa shape index (κ3) is 3.57. The molecule has 0 bridgehead atoms. The van der Waals surface area contributed by atoms with Crippen molar-refractivity contribution in [2.45, 2.75) is 13.3 Å². The lowest BCUT2D eigenvalue weighted by molar-refractivity contribution is -0.139. The molecule has 0 fully saturated rings. The number of carbonyl (C=O) groups is 3. The third-order valence-corrected chi connectivity index (χ3v) is 4.18. The average molecular weight is 381 g/mol. The van der Waals surface area contributed by atoms with Gasteiger partial charge in [-0.1, -0.05) is 6.08 Å². The quantitative estimate of drug-likeness (QED) is 0.744. The standard InChI is InChI=1S/C20H19N3O5/c1-13-12-17(24)23(21-13)15-9-7-14(8-10-15)22-11-5-4-6-16(19(25)27-2)18(22)20(26)28-3/h4-11H,12H2,1-3H3. The van der Waals surface area contributed by atoms with Crippen LogP contribution in [0.25, 0.3) is 0 Å². The number of methoxy groups -OCH3 is 2. The number of hydrogen-bond donors (Lipinski definition) is 0. The first-order chi connectivity index (χ1) is 13.5. The summed E-state index contributed by atoms with van der Waals surface area (Å²) in [5, 5.41) is 5.56. The molecule has 0 unspecified atom stereocenters. The molecule has 2 aliphatic heterocycles. The molecule has 0 saturated heterocycles. The van der Waals surface area contributed by atoms with Gasteiger partial charge in [-0.25, -0.2) is 14.6 Å². The minimum absolute atomic E-state index is 0.0261. The maximum atomic E-state index is 12.4. The topological polar surface area (TPSA) is 88.5 Å². The van der Waals surface area contributed by atoms with E-state index in [4.69, 9.17) is 9.47 Å². The molecule has 0 N–H and O–H groups in total. The van der Waals surface area contributed by atoms with Crippen molar-refractivity contribution in [2.24, 2.45) is 5.10 Å². The second-order valence-corrected chi connectivity index (χ2v) is 6.05. The number of carbonyl (C=O) groups excluding carboxylic acids is 3. The van der Waals surface area contributed by atoms with E-state index in [0.29, 0.717) is 17.8 Å². The first-order valence-electron chi connectivity index (χ1n) is 8.48. The predicted octanol–water partition coefficient (Wildman–Crippen LogP) is 2.29. The Bertz CT molecular complexity index is 941. The smallest absolute Gasteiger partial charge is 0.355 e. The number of allylic oxidation sites excluding steroid dienone is 2. The van der Waals surface area contributed by atoms with Crippen LogP contribution in [-0.2, 0) is 23.9 Å². The van der Waals surface area contributed by atoms with Crippen LogP contribution < -0.4 is 9.91 Å². The highest BCUT2D eigenvalue weighted by atomic mass is 16.5. The van der Waals surface area contributed by atoms with Crippen LogP contribution in [0.4, 0.5) is 11.4 Å². The number of nitrogens with zero attached hydrogens (tertiary/aromatic N) is 3. The van der Waals surface area contributed by atoms with Crippen LogP contribution in [0, 0.1) is 0 Å². The second-order valence-electron chi connectivity index (χ2n) is 6.05. The summed E-state index contributed by atoms with van der Waals surface area (Å²) in [7, 11) is 2.48. The van der Waals surface area contributed by atoms with E-state index < -0.39 is 11.9 Å². The maximum Gasteiger partial charge on any atom is 0.355 e. The van der Waals surface area contributed by atoms with Crippen LogP contribution in [0.3, 0.4) is 0 Å². The first kappa shape index (κ1) is 19.1. The molecule has 8 heteroatoms. The van der Waals surface area contributed by atoms with Crippen LogP contribution in [0.15, 0.2) is 65.1 Å². The second kappa shape index (κ2) is 7.91. The number of esters is 2. The zero-order chi connectivity index (χ0) is 20.3. The Balaban J connectivity index is 2.02. The summed E-state index contributed by atoms with van der Waals surface area (Å²) in [6.45, 7) is 1.79. The zero-order valence-corrected chi connectivity index (χ0v) is 15.7. The van der Waals surface area contributed by atoms with Crippen molar-refractivity contribution >= 4 is 34.9 Å². The molecule has 1 amide bonds. The number of ether oxygens (including phenoxy) is 2. The molecular formula is C20H19N3O5. The Labute approximate surface area is 162 Å². The summed E-state index contributed by atoms with van der Waals surface area (Å²) in [6.07, 6.45) is 6.73. The minimum atomic E-state index is -0.685. The van der Waals surface area contributed by atoms with Gasteiger partial charge in [0, 0.05) is 17.6 Å². The Morgan fingerprint density at radius 1 is 1.00 bits per heavy atom. The number of hydrogen-bond acceptors (Lipinski definition) is 7. The highest BCUT2D eigenvalue weighted by Gasteiger charge is 2.28. The van der Waals surface area contributed by atoms with Gasteiger partial charge in [0.2, 0.25) is 0 Å². The van der Waals surface area contributed by atoms with Gasteiger partial charge in [0.05, 0.1) is 31.9 Å². The molecule has 0 saturated carbocycles. The van der Waals surface area contributed by atoms with E-state index in [1.807, 2.05) is 0 Å². The number of hydrazone groups is 1. The van der Waals surface area contributed by atoms with Crippen LogP contribution in [0.5, 0.6) is 0 Å². The Kier molecular flexibility index (Phi) is 5.39. The van der Waals surface area contributed by atoms with Crippen LogP contribution >= 0.6 is 0 Å². The number of benzene rings is 1. The van der Waals surface area contributed by atoms with Crippen molar-refractivity contribution in [2.75, 3.05) is 24.1 Å². The van der Waals surface area contributed by atoms with Crippen molar-refractivity contribution in [3.63, 3.8) is 0 Å². The van der Waals surface area contributed by atoms with E-state index in [1.54, 1.807) is 49.5 Å². The fourth-order valence-corrected chi connectivity index (χ4v) is 2.88. The Hall–Kier alpha value is -3.68. The van der Waals surface area contributed by atoms with E-state index in [9.17, 15) is 14.4 Å². The lowest BCUT2D eigenvalue weighted by atomic mass is 10.1. The highest BCUT2D eigenvalue weighted by molar-refractivity contribution is 6.12. The largest absolute Gasteiger partial charge is 0.465 e. The summed E-state index contributed by atoms with van der Waals surface area (Å²) in [4.78, 5) is 38.1. The summed E-state index contributed by atoms with van der Waals surface area (Å²) in [6, 6.07) is 6.88. The number of anilines is 2. The predicted molar refractivity (Wildman–Crippen MR) is 103 cm³/mol. The molecular weight excluding hydrogens is 362 g/mol. The summed E-state index contributed by atoms with van der Waals surface area (Å²) < 4.78 is 9.66. The molecule has 144 valence electrons. The number of amides is 1. The van der Waals surface area contributed by atoms with Gasteiger partial charge in [0.15, 0.2) is 0 Å². The molecule has 28 heavy (non-hydrogen) atoms. The van der Waals surface area contributed by atoms with Gasteiger partial charge in [-0.3, -0.25) is 4.79 Å². The van der Waals surface area contributed by atoms with Crippen LogP contribution in [0.1, 0.15) is 13.3 Å². The van der Waals surface area contributed by atoms with Crippen LogP contribution in [0.2, 0.25) is 0 Å². The Morgan fingerprint density at radius 2 is 1.64 bits per heavy atom. The summed E-state index contributed by atoms with van der Waals surface area (Å²) in [5.74, 6) is -1.45. The monoisotopic (exact) mass is 381 g/mol. The molecule has 3 rings (SSSR count). The molecule has 0 atom stereocenters. The van der Waals surface area contributed by atoms with E-state index in [-0.39, 0.29) is 17.2 Å². The van der Waals surface area contributed by atoms with Gasteiger partial charge in [0.25, 0.3) is 5.91 Å². The minimum Gasteiger partial charge on any atom is -0.465 e. The van der Waals surface area contributed by atoms with E-state index in [1.165, 1.54) is 30.2 Å². The first-order valence-corrected chi connectivity index (χ1v) is 8.48. The lowest BCUT2D eigenvalue weighted by Gasteiger charge is -2.23. The molecule has 2 heterocycles. The fourth-order valence-electron chi connectivity index (χ4n) is 2.88. The molecule has 0 spiro atoms. The zero-order valence-electron chi connectivity index (χ0n) is 15.7. The van der Waals surface area contributed by atoms with Gasteiger partial charge in [0.1, 0.15) is 5.70 Å². The average Bonchev–Trinajstić information content (AvgIpc) is 2.91. The van der Waals surface area contributed by atoms with Crippen molar-refractivity contribution in [3.05, 3.63) is 60.0 Å². The number of rotatable bonds is 4. The summed E-state index contributed by atoms with van der Waals surface area (Å²) >= 11 is 0. The van der Waals surface area contributed by atoms with Crippen molar-refractivity contribution in [1.82, 2.24) is 0 Å². The third-order valence-electron chi connectivity index (χ3n) is 4.18. The van der Waals surface area contributed by atoms with Gasteiger partial charge in [-0.2, -0.15) is 5.10 Å². The normalized spacial score (nSPS) is 16.2.